The van der Waals surface area contributed by atoms with E-state index < -0.39 is 0 Å². The Labute approximate surface area is 104 Å². The molecular formula is C14H24N2O. The predicted molar refractivity (Wildman–Crippen MR) is 69.8 cm³/mol. The van der Waals surface area contributed by atoms with Crippen molar-refractivity contribution in [3.63, 3.8) is 0 Å². The highest BCUT2D eigenvalue weighted by atomic mass is 16.3. The molecule has 1 aromatic heterocycles. The Hall–Kier alpha value is -0.800. The van der Waals surface area contributed by atoms with Gasteiger partial charge in [0.2, 0.25) is 0 Å². The summed E-state index contributed by atoms with van der Waals surface area (Å²) in [6.07, 6.45) is 4.71. The van der Waals surface area contributed by atoms with Gasteiger partial charge in [0.25, 0.3) is 0 Å². The second-order valence-electron chi connectivity index (χ2n) is 4.97. The highest BCUT2D eigenvalue weighted by molar-refractivity contribution is 5.12. The molecule has 0 aliphatic heterocycles. The van der Waals surface area contributed by atoms with Crippen LogP contribution in [0.4, 0.5) is 0 Å². The topological polar surface area (TPSA) is 28.4 Å². The number of hydrogen-bond acceptors (Lipinski definition) is 3. The third kappa shape index (κ3) is 4.17. The van der Waals surface area contributed by atoms with Gasteiger partial charge in [0.05, 0.1) is 12.8 Å². The smallest absolute Gasteiger partial charge is 0.118 e. The van der Waals surface area contributed by atoms with E-state index in [1.54, 1.807) is 0 Å². The third-order valence-electron chi connectivity index (χ3n) is 3.33. The number of furan rings is 1. The lowest BCUT2D eigenvalue weighted by atomic mass is 10.3. The molecule has 0 atom stereocenters. The van der Waals surface area contributed by atoms with Crippen LogP contribution in [-0.2, 0) is 13.1 Å². The van der Waals surface area contributed by atoms with E-state index in [4.69, 9.17) is 4.42 Å². The van der Waals surface area contributed by atoms with E-state index in [2.05, 4.69) is 30.1 Å². The van der Waals surface area contributed by atoms with E-state index in [0.29, 0.717) is 0 Å². The molecule has 3 heteroatoms. The summed E-state index contributed by atoms with van der Waals surface area (Å²) < 4.78 is 5.61. The van der Waals surface area contributed by atoms with Gasteiger partial charge in [-0.3, -0.25) is 4.90 Å². The zero-order valence-corrected chi connectivity index (χ0v) is 11.0. The SMILES string of the molecule is CCNCc1coc(CN(CC)CC2CC2)c1. The Kier molecular flexibility index (Phi) is 4.63. The zero-order chi connectivity index (χ0) is 12.1. The maximum absolute atomic E-state index is 5.61. The summed E-state index contributed by atoms with van der Waals surface area (Å²) in [6.45, 7) is 9.57. The van der Waals surface area contributed by atoms with Gasteiger partial charge < -0.3 is 9.73 Å². The van der Waals surface area contributed by atoms with Gasteiger partial charge >= 0.3 is 0 Å². The molecule has 1 aromatic rings. The summed E-state index contributed by atoms with van der Waals surface area (Å²) in [5.74, 6) is 2.05. The molecule has 1 fully saturated rings. The molecule has 1 heterocycles. The van der Waals surface area contributed by atoms with Crippen LogP contribution in [0.5, 0.6) is 0 Å². The van der Waals surface area contributed by atoms with Crippen LogP contribution < -0.4 is 5.32 Å². The standard InChI is InChI=1S/C14H24N2O/c1-3-15-8-13-7-14(17-11-13)10-16(4-2)9-12-5-6-12/h7,11-12,15H,3-6,8-10H2,1-2H3. The molecule has 0 radical (unpaired) electrons. The van der Waals surface area contributed by atoms with Gasteiger partial charge in [0.1, 0.15) is 5.76 Å². The highest BCUT2D eigenvalue weighted by Crippen LogP contribution is 2.30. The maximum Gasteiger partial charge on any atom is 0.118 e. The minimum Gasteiger partial charge on any atom is -0.468 e. The first-order valence-electron chi connectivity index (χ1n) is 6.81. The Morgan fingerprint density at radius 1 is 1.41 bits per heavy atom. The van der Waals surface area contributed by atoms with E-state index in [-0.39, 0.29) is 0 Å². The normalized spacial score (nSPS) is 15.7. The minimum absolute atomic E-state index is 0.911. The van der Waals surface area contributed by atoms with Crippen LogP contribution in [0, 0.1) is 5.92 Å². The minimum atomic E-state index is 0.911. The fourth-order valence-corrected chi connectivity index (χ4v) is 2.06. The molecule has 0 saturated heterocycles. The van der Waals surface area contributed by atoms with Crippen LogP contribution in [0.25, 0.3) is 0 Å². The lowest BCUT2D eigenvalue weighted by Gasteiger charge is -2.18. The summed E-state index contributed by atoms with van der Waals surface area (Å²) in [6, 6.07) is 2.18. The first-order valence-corrected chi connectivity index (χ1v) is 6.81. The van der Waals surface area contributed by atoms with Crippen LogP contribution in [-0.4, -0.2) is 24.5 Å². The van der Waals surface area contributed by atoms with Crippen molar-refractivity contribution in [1.82, 2.24) is 10.2 Å². The van der Waals surface area contributed by atoms with Crippen molar-refractivity contribution in [1.29, 1.82) is 0 Å². The molecule has 3 nitrogen and oxygen atoms in total. The Morgan fingerprint density at radius 2 is 2.24 bits per heavy atom. The Balaban J connectivity index is 1.81. The van der Waals surface area contributed by atoms with Crippen molar-refractivity contribution >= 4 is 0 Å². The van der Waals surface area contributed by atoms with Crippen molar-refractivity contribution in [2.45, 2.75) is 39.8 Å². The molecule has 0 spiro atoms. The quantitative estimate of drug-likeness (QED) is 0.752. The first kappa shape index (κ1) is 12.7. The molecule has 96 valence electrons. The summed E-state index contributed by atoms with van der Waals surface area (Å²) in [5.41, 5.74) is 1.25. The average Bonchev–Trinajstić information content (AvgIpc) is 3.04. The number of nitrogens with zero attached hydrogens (tertiary/aromatic N) is 1. The van der Waals surface area contributed by atoms with Crippen LogP contribution in [0.1, 0.15) is 38.0 Å². The van der Waals surface area contributed by atoms with E-state index in [1.807, 2.05) is 6.26 Å². The van der Waals surface area contributed by atoms with Gasteiger partial charge in [0, 0.05) is 18.7 Å². The summed E-state index contributed by atoms with van der Waals surface area (Å²) in [4.78, 5) is 2.48. The van der Waals surface area contributed by atoms with Crippen LogP contribution in [0.3, 0.4) is 0 Å². The fraction of sp³-hybridized carbons (Fsp3) is 0.714. The Morgan fingerprint density at radius 3 is 2.88 bits per heavy atom. The number of hydrogen-bond donors (Lipinski definition) is 1. The number of nitrogens with one attached hydrogen (secondary N) is 1. The fourth-order valence-electron chi connectivity index (χ4n) is 2.06. The lowest BCUT2D eigenvalue weighted by molar-refractivity contribution is 0.246. The molecule has 0 amide bonds. The molecule has 0 bridgehead atoms. The second-order valence-corrected chi connectivity index (χ2v) is 4.97. The van der Waals surface area contributed by atoms with Gasteiger partial charge in [-0.05, 0) is 37.9 Å². The van der Waals surface area contributed by atoms with Crippen molar-refractivity contribution in [3.8, 4) is 0 Å². The van der Waals surface area contributed by atoms with Gasteiger partial charge in [-0.25, -0.2) is 0 Å². The molecular weight excluding hydrogens is 212 g/mol. The predicted octanol–water partition coefficient (Wildman–Crippen LogP) is 2.62. The van der Waals surface area contributed by atoms with Crippen molar-refractivity contribution in [3.05, 3.63) is 23.7 Å². The summed E-state index contributed by atoms with van der Waals surface area (Å²) >= 11 is 0. The Bertz CT molecular complexity index is 331. The van der Waals surface area contributed by atoms with Crippen LogP contribution in [0.2, 0.25) is 0 Å². The molecule has 1 saturated carbocycles. The monoisotopic (exact) mass is 236 g/mol. The van der Waals surface area contributed by atoms with Gasteiger partial charge in [-0.15, -0.1) is 0 Å². The maximum atomic E-state index is 5.61. The zero-order valence-electron chi connectivity index (χ0n) is 11.0. The van der Waals surface area contributed by atoms with Gasteiger partial charge in [-0.1, -0.05) is 13.8 Å². The highest BCUT2D eigenvalue weighted by Gasteiger charge is 2.23. The van der Waals surface area contributed by atoms with Crippen molar-refractivity contribution in [2.75, 3.05) is 19.6 Å². The van der Waals surface area contributed by atoms with E-state index >= 15 is 0 Å². The number of rotatable bonds is 8. The molecule has 17 heavy (non-hydrogen) atoms. The summed E-state index contributed by atoms with van der Waals surface area (Å²) in [7, 11) is 0. The van der Waals surface area contributed by atoms with E-state index in [0.717, 1.165) is 37.9 Å². The average molecular weight is 236 g/mol. The van der Waals surface area contributed by atoms with Gasteiger partial charge in [-0.2, -0.15) is 0 Å². The van der Waals surface area contributed by atoms with Crippen molar-refractivity contribution in [2.24, 2.45) is 5.92 Å². The molecule has 0 unspecified atom stereocenters. The first-order chi connectivity index (χ1) is 8.31. The largest absolute Gasteiger partial charge is 0.468 e. The molecule has 1 aliphatic carbocycles. The van der Waals surface area contributed by atoms with Crippen molar-refractivity contribution < 1.29 is 4.42 Å². The van der Waals surface area contributed by atoms with Gasteiger partial charge in [0.15, 0.2) is 0 Å². The molecule has 2 rings (SSSR count). The molecule has 0 aromatic carbocycles. The molecule has 1 N–H and O–H groups in total. The van der Waals surface area contributed by atoms with E-state index in [1.165, 1.54) is 24.9 Å². The van der Waals surface area contributed by atoms with Crippen LogP contribution in [0.15, 0.2) is 16.7 Å². The third-order valence-corrected chi connectivity index (χ3v) is 3.33. The van der Waals surface area contributed by atoms with Crippen LogP contribution >= 0.6 is 0 Å². The summed E-state index contributed by atoms with van der Waals surface area (Å²) in [5, 5.41) is 3.31. The molecule has 1 aliphatic rings. The van der Waals surface area contributed by atoms with E-state index in [9.17, 15) is 0 Å². The lowest BCUT2D eigenvalue weighted by Crippen LogP contribution is -2.24. The second kappa shape index (κ2) is 6.22.